The molecule has 0 unspecified atom stereocenters. The first kappa shape index (κ1) is 16.0. The van der Waals surface area contributed by atoms with Crippen molar-refractivity contribution >= 4 is 22.9 Å². The number of aromatic nitrogens is 2. The number of anilines is 1. The molecule has 1 aliphatic rings. The molecule has 0 radical (unpaired) electrons. The molecular formula is C19H16N4O3. The number of para-hydroxylation sites is 3. The summed E-state index contributed by atoms with van der Waals surface area (Å²) < 4.78 is 12.8. The molecule has 26 heavy (non-hydrogen) atoms. The van der Waals surface area contributed by atoms with Gasteiger partial charge in [0.1, 0.15) is 0 Å². The Hall–Kier alpha value is -3.53. The lowest BCUT2D eigenvalue weighted by molar-refractivity contribution is -0.119. The van der Waals surface area contributed by atoms with Crippen molar-refractivity contribution in [2.45, 2.75) is 6.04 Å². The molecule has 3 aromatic rings. The average Bonchev–Trinajstić information content (AvgIpc) is 3.03. The molecule has 7 nitrogen and oxygen atoms in total. The Morgan fingerprint density at radius 3 is 2.69 bits per heavy atom. The molecule has 0 fully saturated rings. The number of imidazole rings is 1. The van der Waals surface area contributed by atoms with Gasteiger partial charge in [-0.15, -0.1) is 0 Å². The summed E-state index contributed by atoms with van der Waals surface area (Å²) in [7, 11) is 3.09. The van der Waals surface area contributed by atoms with Gasteiger partial charge in [-0.25, -0.2) is 4.98 Å². The van der Waals surface area contributed by atoms with Crippen LogP contribution in [0.15, 0.2) is 42.5 Å². The Morgan fingerprint density at radius 2 is 1.96 bits per heavy atom. The van der Waals surface area contributed by atoms with E-state index in [0.717, 1.165) is 11.0 Å². The third-order valence-corrected chi connectivity index (χ3v) is 4.60. The van der Waals surface area contributed by atoms with E-state index < -0.39 is 12.0 Å². The fourth-order valence-electron chi connectivity index (χ4n) is 3.49. The molecule has 0 saturated carbocycles. The summed E-state index contributed by atoms with van der Waals surface area (Å²) >= 11 is 0. The van der Waals surface area contributed by atoms with Crippen LogP contribution in [0.1, 0.15) is 11.6 Å². The van der Waals surface area contributed by atoms with Crippen LogP contribution in [0, 0.1) is 17.2 Å². The number of fused-ring (bicyclic) bond motifs is 3. The van der Waals surface area contributed by atoms with Crippen molar-refractivity contribution < 1.29 is 14.3 Å². The first-order valence-corrected chi connectivity index (χ1v) is 8.08. The number of carbonyl (C=O) groups is 1. The second kappa shape index (κ2) is 6.08. The zero-order valence-electron chi connectivity index (χ0n) is 14.3. The number of nitriles is 1. The van der Waals surface area contributed by atoms with Gasteiger partial charge in [0.2, 0.25) is 11.9 Å². The maximum atomic E-state index is 12.5. The first-order chi connectivity index (χ1) is 12.7. The second-order valence-electron chi connectivity index (χ2n) is 5.92. The number of benzene rings is 2. The van der Waals surface area contributed by atoms with E-state index in [2.05, 4.69) is 16.4 Å². The monoisotopic (exact) mass is 348 g/mol. The van der Waals surface area contributed by atoms with E-state index >= 15 is 0 Å². The van der Waals surface area contributed by atoms with Gasteiger partial charge in [0.15, 0.2) is 17.4 Å². The third kappa shape index (κ3) is 2.19. The van der Waals surface area contributed by atoms with Crippen molar-refractivity contribution in [1.29, 1.82) is 5.26 Å². The first-order valence-electron chi connectivity index (χ1n) is 8.08. The van der Waals surface area contributed by atoms with Crippen molar-refractivity contribution in [1.82, 2.24) is 9.55 Å². The summed E-state index contributed by atoms with van der Waals surface area (Å²) in [6, 6.07) is 14.5. The Bertz CT molecular complexity index is 1050. The number of methoxy groups -OCH3 is 2. The number of hydrogen-bond acceptors (Lipinski definition) is 5. The number of amides is 1. The third-order valence-electron chi connectivity index (χ3n) is 4.60. The largest absolute Gasteiger partial charge is 0.493 e. The molecule has 0 saturated heterocycles. The highest BCUT2D eigenvalue weighted by atomic mass is 16.5. The van der Waals surface area contributed by atoms with Gasteiger partial charge in [-0.1, -0.05) is 24.3 Å². The van der Waals surface area contributed by atoms with Gasteiger partial charge in [-0.3, -0.25) is 10.1 Å². The average molecular weight is 348 g/mol. The van der Waals surface area contributed by atoms with E-state index in [1.807, 2.05) is 41.0 Å². The van der Waals surface area contributed by atoms with Crippen LogP contribution in [0.3, 0.4) is 0 Å². The van der Waals surface area contributed by atoms with E-state index in [4.69, 9.17) is 9.47 Å². The van der Waals surface area contributed by atoms with Gasteiger partial charge >= 0.3 is 0 Å². The van der Waals surface area contributed by atoms with Crippen LogP contribution in [-0.4, -0.2) is 29.7 Å². The maximum absolute atomic E-state index is 12.5. The summed E-state index contributed by atoms with van der Waals surface area (Å²) in [6.07, 6.45) is 0. The Balaban J connectivity index is 2.04. The lowest BCUT2D eigenvalue weighted by Gasteiger charge is -2.31. The molecule has 7 heteroatoms. The minimum Gasteiger partial charge on any atom is -0.493 e. The molecule has 2 aromatic carbocycles. The van der Waals surface area contributed by atoms with Crippen molar-refractivity contribution in [3.05, 3.63) is 48.0 Å². The smallest absolute Gasteiger partial charge is 0.246 e. The van der Waals surface area contributed by atoms with Gasteiger partial charge in [-0.2, -0.15) is 5.26 Å². The van der Waals surface area contributed by atoms with E-state index in [9.17, 15) is 10.1 Å². The Kier molecular flexibility index (Phi) is 3.73. The predicted octanol–water partition coefficient (Wildman–Crippen LogP) is 2.73. The lowest BCUT2D eigenvalue weighted by atomic mass is 9.90. The van der Waals surface area contributed by atoms with Crippen LogP contribution < -0.4 is 14.8 Å². The minimum atomic E-state index is -0.930. The van der Waals surface area contributed by atoms with Gasteiger partial charge in [0.25, 0.3) is 0 Å². The summed E-state index contributed by atoms with van der Waals surface area (Å²) in [5, 5.41) is 12.4. The normalized spacial score (nSPS) is 18.7. The number of nitrogens with one attached hydrogen (secondary N) is 1. The fraction of sp³-hybridized carbons (Fsp3) is 0.211. The number of carbonyl (C=O) groups excluding carboxylic acids is 1. The summed E-state index contributed by atoms with van der Waals surface area (Å²) in [5.41, 5.74) is 2.27. The molecule has 0 spiro atoms. The molecule has 1 amide bonds. The molecule has 0 aliphatic carbocycles. The second-order valence-corrected chi connectivity index (χ2v) is 5.92. The molecule has 1 aromatic heterocycles. The predicted molar refractivity (Wildman–Crippen MR) is 95.2 cm³/mol. The van der Waals surface area contributed by atoms with Crippen LogP contribution in [0.2, 0.25) is 0 Å². The molecule has 4 rings (SSSR count). The van der Waals surface area contributed by atoms with E-state index in [-0.39, 0.29) is 5.91 Å². The Labute approximate surface area is 149 Å². The van der Waals surface area contributed by atoms with E-state index in [1.165, 1.54) is 0 Å². The van der Waals surface area contributed by atoms with E-state index in [1.54, 1.807) is 20.3 Å². The summed E-state index contributed by atoms with van der Waals surface area (Å²) in [5.74, 6) is 0.140. The van der Waals surface area contributed by atoms with Gasteiger partial charge in [0, 0.05) is 5.56 Å². The molecule has 0 bridgehead atoms. The quantitative estimate of drug-likeness (QED) is 0.786. The molecule has 1 aliphatic heterocycles. The number of ether oxygens (including phenoxy) is 2. The zero-order valence-corrected chi connectivity index (χ0v) is 14.3. The zero-order chi connectivity index (χ0) is 18.3. The summed E-state index contributed by atoms with van der Waals surface area (Å²) in [4.78, 5) is 17.0. The van der Waals surface area contributed by atoms with Crippen LogP contribution in [0.25, 0.3) is 11.0 Å². The lowest BCUT2D eigenvalue weighted by Crippen LogP contribution is -2.37. The highest BCUT2D eigenvalue weighted by molar-refractivity contribution is 5.97. The Morgan fingerprint density at radius 1 is 1.15 bits per heavy atom. The number of hydrogen-bond donors (Lipinski definition) is 1. The topological polar surface area (TPSA) is 89.2 Å². The van der Waals surface area contributed by atoms with Crippen molar-refractivity contribution in [3.8, 4) is 17.6 Å². The van der Waals surface area contributed by atoms with Crippen molar-refractivity contribution in [3.63, 3.8) is 0 Å². The highest BCUT2D eigenvalue weighted by Crippen LogP contribution is 2.43. The molecule has 130 valence electrons. The van der Waals surface area contributed by atoms with Crippen LogP contribution in [0.4, 0.5) is 5.95 Å². The molecular weight excluding hydrogens is 332 g/mol. The molecule has 2 atom stereocenters. The molecule has 2 heterocycles. The van der Waals surface area contributed by atoms with Gasteiger partial charge in [-0.05, 0) is 18.2 Å². The van der Waals surface area contributed by atoms with E-state index in [0.29, 0.717) is 23.0 Å². The SMILES string of the molecule is COc1cccc([C@@H]2[C@@H](C#N)C(=O)Nc3nc4ccccc4n32)c1OC. The minimum absolute atomic E-state index is 0.384. The number of rotatable bonds is 3. The van der Waals surface area contributed by atoms with Gasteiger partial charge in [0.05, 0.1) is 37.4 Å². The molecule has 1 N–H and O–H groups in total. The van der Waals surface area contributed by atoms with Crippen molar-refractivity contribution in [2.75, 3.05) is 19.5 Å². The number of nitrogens with zero attached hydrogens (tertiary/aromatic N) is 3. The maximum Gasteiger partial charge on any atom is 0.246 e. The highest BCUT2D eigenvalue weighted by Gasteiger charge is 2.40. The van der Waals surface area contributed by atoms with Crippen LogP contribution >= 0.6 is 0 Å². The van der Waals surface area contributed by atoms with Crippen LogP contribution in [-0.2, 0) is 4.79 Å². The van der Waals surface area contributed by atoms with Crippen molar-refractivity contribution in [2.24, 2.45) is 5.92 Å². The van der Waals surface area contributed by atoms with Crippen LogP contribution in [0.5, 0.6) is 11.5 Å². The van der Waals surface area contributed by atoms with Gasteiger partial charge < -0.3 is 14.0 Å². The summed E-state index contributed by atoms with van der Waals surface area (Å²) in [6.45, 7) is 0. The standard InChI is InChI=1S/C19H16N4O3/c1-25-15-9-5-6-11(17(15)26-2)16-12(10-20)18(24)22-19-21-13-7-3-4-8-14(13)23(16)19/h3-9,12,16H,1-2H3,(H,21,22,24)/t12-,16-/m1/s1. The fourth-order valence-corrected chi connectivity index (χ4v) is 3.49.